The second kappa shape index (κ2) is 10.5. The summed E-state index contributed by atoms with van der Waals surface area (Å²) in [6, 6.07) is 13.2. The van der Waals surface area contributed by atoms with Gasteiger partial charge in [0, 0.05) is 28.3 Å². The molecule has 3 amide bonds. The first-order chi connectivity index (χ1) is 19.2. The van der Waals surface area contributed by atoms with Crippen LogP contribution >= 0.6 is 23.2 Å². The van der Waals surface area contributed by atoms with Crippen LogP contribution < -0.4 is 10.6 Å². The summed E-state index contributed by atoms with van der Waals surface area (Å²) in [5, 5.41) is 7.26. The van der Waals surface area contributed by atoms with E-state index in [1.165, 1.54) is 0 Å². The van der Waals surface area contributed by atoms with Gasteiger partial charge in [0.2, 0.25) is 17.7 Å². The van der Waals surface area contributed by atoms with Crippen LogP contribution in [-0.4, -0.2) is 46.4 Å². The van der Waals surface area contributed by atoms with Gasteiger partial charge in [-0.2, -0.15) is 0 Å². The Bertz CT molecular complexity index is 1360. The molecule has 2 aromatic rings. The second-order valence-corrected chi connectivity index (χ2v) is 12.5. The Morgan fingerprint density at radius 2 is 1.80 bits per heavy atom. The number of carbonyl (C=O) groups is 3. The molecule has 0 aromatic heterocycles. The van der Waals surface area contributed by atoms with E-state index in [0.29, 0.717) is 27.6 Å². The summed E-state index contributed by atoms with van der Waals surface area (Å²) in [5.41, 5.74) is 0.0637. The Hall–Kier alpha value is -2.87. The monoisotopic (exact) mass is 581 g/mol. The fraction of sp³-hybridized carbons (Fsp3) is 0.452. The van der Waals surface area contributed by atoms with Crippen molar-refractivity contribution in [3.8, 4) is 0 Å². The lowest BCUT2D eigenvalue weighted by molar-refractivity contribution is -0.142. The molecule has 0 unspecified atom stereocenters. The molecule has 2 bridgehead atoms. The number of anilines is 1. The van der Waals surface area contributed by atoms with E-state index in [1.54, 1.807) is 35.2 Å². The second-order valence-electron chi connectivity index (χ2n) is 11.6. The smallest absolute Gasteiger partial charge is 0.246 e. The van der Waals surface area contributed by atoms with Crippen molar-refractivity contribution in [1.82, 2.24) is 10.2 Å². The Morgan fingerprint density at radius 3 is 2.55 bits per heavy atom. The molecule has 2 aromatic carbocycles. The first kappa shape index (κ1) is 27.3. The highest BCUT2D eigenvalue weighted by atomic mass is 35.5. The van der Waals surface area contributed by atoms with Crippen molar-refractivity contribution in [2.24, 2.45) is 23.7 Å². The molecular formula is C31H33Cl2N3O4. The molecule has 4 aliphatic rings. The molecule has 7 nitrogen and oxygen atoms in total. The molecule has 9 heteroatoms. The Balaban J connectivity index is 1.33. The lowest BCUT2D eigenvalue weighted by Crippen LogP contribution is -2.57. The molecule has 1 saturated carbocycles. The molecule has 210 valence electrons. The largest absolute Gasteiger partial charge is 0.359 e. The van der Waals surface area contributed by atoms with Crippen LogP contribution in [0.1, 0.15) is 38.7 Å². The zero-order chi connectivity index (χ0) is 28.2. The van der Waals surface area contributed by atoms with Crippen LogP contribution in [0.2, 0.25) is 10.0 Å². The van der Waals surface area contributed by atoms with Gasteiger partial charge in [0.25, 0.3) is 0 Å². The fourth-order valence-corrected chi connectivity index (χ4v) is 7.38. The van der Waals surface area contributed by atoms with E-state index in [-0.39, 0.29) is 30.3 Å². The Labute approximate surface area is 244 Å². The van der Waals surface area contributed by atoms with Crippen LogP contribution in [0.3, 0.4) is 0 Å². The molecular weight excluding hydrogens is 549 g/mol. The van der Waals surface area contributed by atoms with Crippen LogP contribution in [-0.2, 0) is 25.7 Å². The van der Waals surface area contributed by atoms with Crippen molar-refractivity contribution in [3.05, 3.63) is 76.3 Å². The van der Waals surface area contributed by atoms with E-state index in [4.69, 9.17) is 27.9 Å². The molecule has 3 heterocycles. The van der Waals surface area contributed by atoms with Gasteiger partial charge in [0.15, 0.2) is 0 Å². The zero-order valence-electron chi connectivity index (χ0n) is 22.5. The third-order valence-corrected chi connectivity index (χ3v) is 9.99. The number of ether oxygens (including phenoxy) is 1. The first-order valence-corrected chi connectivity index (χ1v) is 14.7. The van der Waals surface area contributed by atoms with E-state index in [9.17, 15) is 14.4 Å². The van der Waals surface area contributed by atoms with Crippen molar-refractivity contribution >= 4 is 46.6 Å². The van der Waals surface area contributed by atoms with Gasteiger partial charge >= 0.3 is 0 Å². The number of benzene rings is 2. The van der Waals surface area contributed by atoms with E-state index < -0.39 is 29.6 Å². The lowest BCUT2D eigenvalue weighted by atomic mass is 9.73. The quantitative estimate of drug-likeness (QED) is 0.457. The standard InChI is InChI=1S/C31H33Cl2N3O4/c1-17-6-5-9-23(18(17)2)35-29(38)27-31-15-14-24(40-31)25(28(37)34-21-12-10-20(32)11-13-21)26(31)30(39)36(27)16-19-7-3-4-8-22(19)33/h3-4,7-8,10-15,17-18,23-27H,5-6,9,16H2,1-2H3,(H,34,37)(H,35,38)/t17-,18+,23+,24-,25+,26-,27+,31+/m1/s1. The van der Waals surface area contributed by atoms with Gasteiger partial charge in [-0.1, -0.05) is 80.2 Å². The van der Waals surface area contributed by atoms with Gasteiger partial charge < -0.3 is 20.3 Å². The number of fused-ring (bicyclic) bond motifs is 1. The van der Waals surface area contributed by atoms with Crippen LogP contribution in [0.25, 0.3) is 0 Å². The number of halogens is 2. The number of hydrogen-bond acceptors (Lipinski definition) is 4. The molecule has 1 aliphatic carbocycles. The van der Waals surface area contributed by atoms with Gasteiger partial charge in [-0.3, -0.25) is 14.4 Å². The summed E-state index contributed by atoms with van der Waals surface area (Å²) in [5.74, 6) is -1.68. The summed E-state index contributed by atoms with van der Waals surface area (Å²) in [6.07, 6.45) is 6.12. The molecule has 6 rings (SSSR count). The average molecular weight is 583 g/mol. The number of likely N-dealkylation sites (tertiary alicyclic amines) is 1. The lowest BCUT2D eigenvalue weighted by Gasteiger charge is -2.38. The molecule has 0 radical (unpaired) electrons. The highest BCUT2D eigenvalue weighted by Crippen LogP contribution is 2.55. The number of nitrogens with one attached hydrogen (secondary N) is 2. The minimum absolute atomic E-state index is 0.00977. The number of nitrogens with zero attached hydrogens (tertiary/aromatic N) is 1. The average Bonchev–Trinajstić information content (AvgIpc) is 3.57. The Morgan fingerprint density at radius 1 is 1.05 bits per heavy atom. The molecule has 1 spiro atoms. The molecule has 8 atom stereocenters. The predicted octanol–water partition coefficient (Wildman–Crippen LogP) is 5.22. The first-order valence-electron chi connectivity index (χ1n) is 14.0. The van der Waals surface area contributed by atoms with Gasteiger partial charge in [0.1, 0.15) is 11.6 Å². The third-order valence-electron chi connectivity index (χ3n) is 9.37. The highest BCUT2D eigenvalue weighted by molar-refractivity contribution is 6.31. The summed E-state index contributed by atoms with van der Waals surface area (Å²) in [7, 11) is 0. The SMILES string of the molecule is C[C@H]1[C@H](C)CCC[C@@H]1NC(=O)[C@@H]1N(Cc2ccccc2Cl)C(=O)[C@H]2[C@@H](C(=O)Nc3ccc(Cl)cc3)[C@H]3C=C[C@@]12O3. The predicted molar refractivity (Wildman–Crippen MR) is 154 cm³/mol. The van der Waals surface area contributed by atoms with Gasteiger partial charge in [0.05, 0.1) is 17.9 Å². The number of hydrogen-bond donors (Lipinski definition) is 2. The van der Waals surface area contributed by atoms with Crippen LogP contribution in [0.15, 0.2) is 60.7 Å². The van der Waals surface area contributed by atoms with Crippen LogP contribution in [0.5, 0.6) is 0 Å². The molecule has 40 heavy (non-hydrogen) atoms. The summed E-state index contributed by atoms with van der Waals surface area (Å²) in [6.45, 7) is 4.53. The summed E-state index contributed by atoms with van der Waals surface area (Å²) >= 11 is 12.5. The maximum absolute atomic E-state index is 14.2. The van der Waals surface area contributed by atoms with E-state index in [1.807, 2.05) is 30.4 Å². The summed E-state index contributed by atoms with van der Waals surface area (Å²) in [4.78, 5) is 43.5. The fourth-order valence-electron chi connectivity index (χ4n) is 7.05. The van der Waals surface area contributed by atoms with Crippen LogP contribution in [0, 0.1) is 23.7 Å². The number of amides is 3. The molecule has 2 saturated heterocycles. The maximum atomic E-state index is 14.2. The van der Waals surface area contributed by atoms with Crippen LogP contribution in [0.4, 0.5) is 5.69 Å². The van der Waals surface area contributed by atoms with E-state index in [2.05, 4.69) is 24.5 Å². The maximum Gasteiger partial charge on any atom is 0.246 e. The number of rotatable bonds is 6. The topological polar surface area (TPSA) is 87.7 Å². The minimum atomic E-state index is -1.24. The molecule has 2 N–H and O–H groups in total. The molecule has 3 aliphatic heterocycles. The number of carbonyl (C=O) groups excluding carboxylic acids is 3. The van der Waals surface area contributed by atoms with Crippen molar-refractivity contribution in [1.29, 1.82) is 0 Å². The Kier molecular flexibility index (Phi) is 7.18. The summed E-state index contributed by atoms with van der Waals surface area (Å²) < 4.78 is 6.46. The van der Waals surface area contributed by atoms with Gasteiger partial charge in [-0.05, 0) is 54.2 Å². The van der Waals surface area contributed by atoms with Gasteiger partial charge in [-0.25, -0.2) is 0 Å². The van der Waals surface area contributed by atoms with Crippen molar-refractivity contribution < 1.29 is 19.1 Å². The van der Waals surface area contributed by atoms with Gasteiger partial charge in [-0.15, -0.1) is 0 Å². The third kappa shape index (κ3) is 4.52. The zero-order valence-corrected chi connectivity index (χ0v) is 24.0. The van der Waals surface area contributed by atoms with Crippen molar-refractivity contribution in [2.75, 3.05) is 5.32 Å². The normalized spacial score (nSPS) is 34.1. The van der Waals surface area contributed by atoms with Crippen molar-refractivity contribution in [2.45, 2.75) is 63.4 Å². The highest BCUT2D eigenvalue weighted by Gasteiger charge is 2.72. The van der Waals surface area contributed by atoms with E-state index >= 15 is 0 Å². The van der Waals surface area contributed by atoms with E-state index in [0.717, 1.165) is 24.8 Å². The van der Waals surface area contributed by atoms with Crippen molar-refractivity contribution in [3.63, 3.8) is 0 Å². The molecule has 3 fully saturated rings. The minimum Gasteiger partial charge on any atom is -0.359 e.